The molecule has 94 valence electrons. The minimum Gasteiger partial charge on any atom is -0.496 e. The lowest BCUT2D eigenvalue weighted by Gasteiger charge is -2.16. The molecule has 0 saturated heterocycles. The number of carbonyl (C=O) groups excluding carboxylic acids is 1. The van der Waals surface area contributed by atoms with Gasteiger partial charge in [0.1, 0.15) is 12.0 Å². The average molecular weight is 256 g/mol. The van der Waals surface area contributed by atoms with E-state index in [0.717, 1.165) is 41.2 Å². The highest BCUT2D eigenvalue weighted by Crippen LogP contribution is 2.27. The van der Waals surface area contributed by atoms with E-state index in [1.54, 1.807) is 7.11 Å². The number of ether oxygens (including phenoxy) is 1. The fourth-order valence-corrected chi connectivity index (χ4v) is 2.10. The zero-order chi connectivity index (χ0) is 12.8. The summed E-state index contributed by atoms with van der Waals surface area (Å²) in [6, 6.07) is 3.81. The van der Waals surface area contributed by atoms with E-state index in [1.165, 1.54) is 0 Å². The van der Waals surface area contributed by atoms with Crippen molar-refractivity contribution >= 4 is 17.9 Å². The molecule has 3 nitrogen and oxygen atoms in total. The van der Waals surface area contributed by atoms with Crippen molar-refractivity contribution in [1.29, 1.82) is 0 Å². The Labute approximate surface area is 107 Å². The maximum atomic E-state index is 10.4. The van der Waals surface area contributed by atoms with Gasteiger partial charge in [-0.2, -0.15) is 0 Å². The highest BCUT2D eigenvalue weighted by atomic mass is 35.5. The monoisotopic (exact) mass is 255 g/mol. The number of benzene rings is 1. The van der Waals surface area contributed by atoms with Gasteiger partial charge in [-0.1, -0.05) is 11.6 Å². The summed E-state index contributed by atoms with van der Waals surface area (Å²) < 4.78 is 5.38. The number of halogens is 1. The van der Waals surface area contributed by atoms with Crippen LogP contribution in [0.1, 0.15) is 11.1 Å². The van der Waals surface area contributed by atoms with E-state index in [-0.39, 0.29) is 0 Å². The fourth-order valence-electron chi connectivity index (χ4n) is 1.81. The molecule has 0 amide bonds. The van der Waals surface area contributed by atoms with Crippen molar-refractivity contribution in [2.24, 2.45) is 0 Å². The first-order chi connectivity index (χ1) is 8.08. The molecule has 1 rings (SSSR count). The summed E-state index contributed by atoms with van der Waals surface area (Å²) in [6.07, 6.45) is 1.72. The van der Waals surface area contributed by atoms with Crippen LogP contribution in [0.2, 0.25) is 5.02 Å². The van der Waals surface area contributed by atoms with Gasteiger partial charge < -0.3 is 9.53 Å². The van der Waals surface area contributed by atoms with Crippen LogP contribution >= 0.6 is 11.6 Å². The van der Waals surface area contributed by atoms with Crippen molar-refractivity contribution in [3.63, 3.8) is 0 Å². The Balaban J connectivity index is 2.79. The van der Waals surface area contributed by atoms with E-state index < -0.39 is 0 Å². The second-order valence-electron chi connectivity index (χ2n) is 4.09. The smallest absolute Gasteiger partial charge is 0.133 e. The van der Waals surface area contributed by atoms with Gasteiger partial charge >= 0.3 is 0 Å². The molecule has 1 aromatic rings. The van der Waals surface area contributed by atoms with Gasteiger partial charge in [-0.3, -0.25) is 4.90 Å². The maximum Gasteiger partial charge on any atom is 0.133 e. The topological polar surface area (TPSA) is 29.5 Å². The molecule has 0 aliphatic rings. The Morgan fingerprint density at radius 1 is 1.47 bits per heavy atom. The summed E-state index contributed by atoms with van der Waals surface area (Å²) >= 11 is 6.03. The molecule has 0 aromatic heterocycles. The van der Waals surface area contributed by atoms with Gasteiger partial charge in [-0.05, 0) is 43.7 Å². The van der Waals surface area contributed by atoms with Gasteiger partial charge in [0.15, 0.2) is 0 Å². The fraction of sp³-hybridized carbons (Fsp3) is 0.462. The molecule has 0 fully saturated rings. The largest absolute Gasteiger partial charge is 0.496 e. The van der Waals surface area contributed by atoms with E-state index >= 15 is 0 Å². The SMILES string of the molecule is COc1c(C)cc(Cl)cc1CCN(C)CC=O. The Bertz CT molecular complexity index is 393. The molecule has 0 unspecified atom stereocenters. The second-order valence-corrected chi connectivity index (χ2v) is 4.53. The zero-order valence-electron chi connectivity index (χ0n) is 10.5. The molecule has 0 aliphatic heterocycles. The number of nitrogens with zero attached hydrogens (tertiary/aromatic N) is 1. The van der Waals surface area contributed by atoms with Gasteiger partial charge in [0, 0.05) is 11.6 Å². The van der Waals surface area contributed by atoms with Gasteiger partial charge in [0.25, 0.3) is 0 Å². The molecular weight excluding hydrogens is 238 g/mol. The third-order valence-electron chi connectivity index (χ3n) is 2.67. The van der Waals surface area contributed by atoms with Gasteiger partial charge in [0.05, 0.1) is 13.7 Å². The van der Waals surface area contributed by atoms with Gasteiger partial charge in [-0.15, -0.1) is 0 Å². The minimum atomic E-state index is 0.446. The first kappa shape index (κ1) is 14.0. The molecule has 17 heavy (non-hydrogen) atoms. The van der Waals surface area contributed by atoms with Gasteiger partial charge in [0.2, 0.25) is 0 Å². The van der Waals surface area contributed by atoms with Crippen molar-refractivity contribution in [3.8, 4) is 5.75 Å². The lowest BCUT2D eigenvalue weighted by atomic mass is 10.1. The predicted molar refractivity (Wildman–Crippen MR) is 70.0 cm³/mol. The van der Waals surface area contributed by atoms with Crippen LogP contribution in [0.15, 0.2) is 12.1 Å². The molecule has 0 radical (unpaired) electrons. The molecule has 0 heterocycles. The molecular formula is C13H18ClNO2. The molecule has 0 atom stereocenters. The minimum absolute atomic E-state index is 0.446. The van der Waals surface area contributed by atoms with E-state index in [2.05, 4.69) is 0 Å². The number of aryl methyl sites for hydroxylation is 1. The van der Waals surface area contributed by atoms with E-state index in [0.29, 0.717) is 6.54 Å². The van der Waals surface area contributed by atoms with Crippen molar-refractivity contribution in [3.05, 3.63) is 28.3 Å². The number of methoxy groups -OCH3 is 1. The van der Waals surface area contributed by atoms with Crippen LogP contribution in [0.4, 0.5) is 0 Å². The Morgan fingerprint density at radius 2 is 2.18 bits per heavy atom. The Hall–Kier alpha value is -1.06. The number of hydrogen-bond acceptors (Lipinski definition) is 3. The molecule has 0 N–H and O–H groups in total. The summed E-state index contributed by atoms with van der Waals surface area (Å²) in [7, 11) is 3.58. The number of hydrogen-bond donors (Lipinski definition) is 0. The van der Waals surface area contributed by atoms with Gasteiger partial charge in [-0.25, -0.2) is 0 Å². The van der Waals surface area contributed by atoms with Crippen LogP contribution in [0.3, 0.4) is 0 Å². The summed E-state index contributed by atoms with van der Waals surface area (Å²) in [5, 5.41) is 0.719. The first-order valence-corrected chi connectivity index (χ1v) is 5.91. The molecule has 0 spiro atoms. The van der Waals surface area contributed by atoms with E-state index in [4.69, 9.17) is 16.3 Å². The van der Waals surface area contributed by atoms with Crippen LogP contribution in [0.25, 0.3) is 0 Å². The van der Waals surface area contributed by atoms with Crippen LogP contribution in [0, 0.1) is 6.92 Å². The summed E-state index contributed by atoms with van der Waals surface area (Å²) in [5.41, 5.74) is 2.11. The number of carbonyl (C=O) groups is 1. The number of rotatable bonds is 6. The predicted octanol–water partition coefficient (Wildman–Crippen LogP) is 2.33. The third-order valence-corrected chi connectivity index (χ3v) is 2.89. The quantitative estimate of drug-likeness (QED) is 0.731. The Morgan fingerprint density at radius 3 is 2.76 bits per heavy atom. The zero-order valence-corrected chi connectivity index (χ0v) is 11.3. The molecule has 0 bridgehead atoms. The normalized spacial score (nSPS) is 10.6. The van der Waals surface area contributed by atoms with Crippen molar-refractivity contribution in [2.45, 2.75) is 13.3 Å². The number of likely N-dealkylation sites (N-methyl/N-ethyl adjacent to an activating group) is 1. The number of aldehydes is 1. The van der Waals surface area contributed by atoms with Crippen LogP contribution in [-0.2, 0) is 11.2 Å². The summed E-state index contributed by atoms with van der Waals surface area (Å²) in [4.78, 5) is 12.3. The van der Waals surface area contributed by atoms with Crippen LogP contribution in [-0.4, -0.2) is 38.4 Å². The summed E-state index contributed by atoms with van der Waals surface area (Å²) in [6.45, 7) is 3.22. The van der Waals surface area contributed by atoms with Crippen molar-refractivity contribution in [2.75, 3.05) is 27.2 Å². The molecule has 0 aliphatic carbocycles. The average Bonchev–Trinajstić information content (AvgIpc) is 2.26. The second kappa shape index (κ2) is 6.62. The van der Waals surface area contributed by atoms with Crippen LogP contribution in [0.5, 0.6) is 5.75 Å². The van der Waals surface area contributed by atoms with Crippen LogP contribution < -0.4 is 4.74 Å². The Kier molecular flexibility index (Phi) is 5.45. The molecule has 4 heteroatoms. The highest BCUT2D eigenvalue weighted by molar-refractivity contribution is 6.30. The lowest BCUT2D eigenvalue weighted by Crippen LogP contribution is -2.23. The highest BCUT2D eigenvalue weighted by Gasteiger charge is 2.09. The molecule has 0 saturated carbocycles. The molecule has 1 aromatic carbocycles. The van der Waals surface area contributed by atoms with E-state index in [9.17, 15) is 4.79 Å². The van der Waals surface area contributed by atoms with E-state index in [1.807, 2.05) is 31.0 Å². The standard InChI is InChI=1S/C13H18ClNO2/c1-10-8-12(14)9-11(13(10)17-3)4-5-15(2)6-7-16/h7-9H,4-6H2,1-3H3. The summed E-state index contributed by atoms with van der Waals surface area (Å²) in [5.74, 6) is 0.883. The lowest BCUT2D eigenvalue weighted by molar-refractivity contribution is -0.108. The van der Waals surface area contributed by atoms with Crippen molar-refractivity contribution in [1.82, 2.24) is 4.90 Å². The third kappa shape index (κ3) is 4.02. The maximum absolute atomic E-state index is 10.4. The van der Waals surface area contributed by atoms with Crippen molar-refractivity contribution < 1.29 is 9.53 Å². The first-order valence-electron chi connectivity index (χ1n) is 5.53.